The molecule has 1 N–H and O–H groups in total. The van der Waals surface area contributed by atoms with Gasteiger partial charge in [-0.2, -0.15) is 0 Å². The topological polar surface area (TPSA) is 92.7 Å². The molecule has 0 radical (unpaired) electrons. The van der Waals surface area contributed by atoms with Crippen LogP contribution in [0.25, 0.3) is 0 Å². The Morgan fingerprint density at radius 1 is 1.00 bits per heavy atom. The standard InChI is InChI=1S/C26H42N4O5/c1-25(2,3)34-23(31)28-22(27-19-20-11-13-21(33-7)14-12-20)30(24(32)35-26(4,5)6)18-10-17-29-15-8-9-16-29/h11-14H,8-10,15-19H2,1-7H3,(H,27,28,31). The van der Waals surface area contributed by atoms with Crippen LogP contribution in [0.1, 0.15) is 66.4 Å². The molecular weight excluding hydrogens is 448 g/mol. The Morgan fingerprint density at radius 2 is 1.60 bits per heavy atom. The summed E-state index contributed by atoms with van der Waals surface area (Å²) >= 11 is 0. The lowest BCUT2D eigenvalue weighted by Gasteiger charge is -2.29. The van der Waals surface area contributed by atoms with Crippen molar-refractivity contribution in [2.75, 3.05) is 33.3 Å². The van der Waals surface area contributed by atoms with Gasteiger partial charge in [0.05, 0.1) is 13.7 Å². The number of hydrogen-bond donors (Lipinski definition) is 1. The Bertz CT molecular complexity index is 850. The van der Waals surface area contributed by atoms with E-state index in [9.17, 15) is 9.59 Å². The first-order valence-electron chi connectivity index (χ1n) is 12.3. The lowest BCUT2D eigenvalue weighted by atomic mass is 10.2. The van der Waals surface area contributed by atoms with Crippen LogP contribution >= 0.6 is 0 Å². The Balaban J connectivity index is 2.27. The first-order chi connectivity index (χ1) is 16.4. The first-order valence-corrected chi connectivity index (χ1v) is 12.3. The van der Waals surface area contributed by atoms with Gasteiger partial charge in [-0.15, -0.1) is 0 Å². The van der Waals surface area contributed by atoms with Gasteiger partial charge in [0.15, 0.2) is 0 Å². The summed E-state index contributed by atoms with van der Waals surface area (Å²) in [5.74, 6) is 0.841. The van der Waals surface area contributed by atoms with Crippen molar-refractivity contribution >= 4 is 18.1 Å². The fraction of sp³-hybridized carbons (Fsp3) is 0.654. The SMILES string of the molecule is COc1ccc(CN=C(NC(=O)OC(C)(C)C)N(CCCN2CCCC2)C(=O)OC(C)(C)C)cc1. The number of rotatable bonds is 7. The molecule has 2 amide bonds. The zero-order chi connectivity index (χ0) is 26.1. The monoisotopic (exact) mass is 490 g/mol. The molecule has 9 heteroatoms. The van der Waals surface area contributed by atoms with Crippen molar-refractivity contribution in [1.29, 1.82) is 0 Å². The summed E-state index contributed by atoms with van der Waals surface area (Å²) in [6.07, 6.45) is 1.87. The van der Waals surface area contributed by atoms with Gasteiger partial charge >= 0.3 is 12.2 Å². The number of carbonyl (C=O) groups is 2. The van der Waals surface area contributed by atoms with Gasteiger partial charge in [-0.25, -0.2) is 19.5 Å². The highest BCUT2D eigenvalue weighted by molar-refractivity contribution is 6.01. The minimum atomic E-state index is -0.697. The Labute approximate surface area is 209 Å². The maximum atomic E-state index is 13.2. The number of alkyl carbamates (subject to hydrolysis) is 1. The molecule has 1 fully saturated rings. The second kappa shape index (κ2) is 12.8. The summed E-state index contributed by atoms with van der Waals surface area (Å²) in [4.78, 5) is 34.2. The van der Waals surface area contributed by atoms with E-state index in [1.807, 2.05) is 45.0 Å². The lowest BCUT2D eigenvalue weighted by molar-refractivity contribution is 0.0354. The molecule has 1 aliphatic heterocycles. The second-order valence-electron chi connectivity index (χ2n) is 10.6. The Hall–Kier alpha value is -2.81. The van der Waals surface area contributed by atoms with Crippen LogP contribution in [0.5, 0.6) is 5.75 Å². The first kappa shape index (κ1) is 28.4. The number of methoxy groups -OCH3 is 1. The van der Waals surface area contributed by atoms with E-state index in [-0.39, 0.29) is 12.5 Å². The van der Waals surface area contributed by atoms with Gasteiger partial charge in [-0.1, -0.05) is 12.1 Å². The Kier molecular flexibility index (Phi) is 10.4. The number of hydrogen-bond acceptors (Lipinski definition) is 7. The molecule has 0 saturated carbocycles. The third-order valence-corrected chi connectivity index (χ3v) is 5.11. The van der Waals surface area contributed by atoms with E-state index in [0.29, 0.717) is 6.54 Å². The highest BCUT2D eigenvalue weighted by Crippen LogP contribution is 2.15. The summed E-state index contributed by atoms with van der Waals surface area (Å²) in [5.41, 5.74) is -0.495. The number of amides is 2. The molecule has 0 unspecified atom stereocenters. The van der Waals surface area contributed by atoms with Gasteiger partial charge < -0.3 is 19.1 Å². The summed E-state index contributed by atoms with van der Waals surface area (Å²) < 4.78 is 16.3. The van der Waals surface area contributed by atoms with Crippen molar-refractivity contribution in [3.05, 3.63) is 29.8 Å². The van der Waals surface area contributed by atoms with Gasteiger partial charge in [-0.3, -0.25) is 5.32 Å². The van der Waals surface area contributed by atoms with Crippen molar-refractivity contribution in [3.63, 3.8) is 0 Å². The molecule has 1 aromatic carbocycles. The van der Waals surface area contributed by atoms with Gasteiger partial charge in [0.1, 0.15) is 17.0 Å². The smallest absolute Gasteiger partial charge is 0.417 e. The third kappa shape index (κ3) is 11.0. The van der Waals surface area contributed by atoms with E-state index >= 15 is 0 Å². The molecule has 196 valence electrons. The largest absolute Gasteiger partial charge is 0.497 e. The van der Waals surface area contributed by atoms with E-state index in [2.05, 4.69) is 15.2 Å². The molecule has 0 spiro atoms. The zero-order valence-corrected chi connectivity index (χ0v) is 22.3. The summed E-state index contributed by atoms with van der Waals surface area (Å²) in [6, 6.07) is 7.46. The molecule has 0 atom stereocenters. The molecule has 0 aliphatic carbocycles. The highest BCUT2D eigenvalue weighted by Gasteiger charge is 2.28. The van der Waals surface area contributed by atoms with Crippen LogP contribution in [0.15, 0.2) is 29.3 Å². The summed E-state index contributed by atoms with van der Waals surface area (Å²) in [5, 5.41) is 2.69. The minimum absolute atomic E-state index is 0.103. The predicted molar refractivity (Wildman–Crippen MR) is 137 cm³/mol. The van der Waals surface area contributed by atoms with Crippen LogP contribution in [0.4, 0.5) is 9.59 Å². The molecule has 0 aromatic heterocycles. The predicted octanol–water partition coefficient (Wildman–Crippen LogP) is 4.80. The molecule has 35 heavy (non-hydrogen) atoms. The van der Waals surface area contributed by atoms with Crippen molar-refractivity contribution in [2.24, 2.45) is 4.99 Å². The molecule has 1 aromatic rings. The molecule has 9 nitrogen and oxygen atoms in total. The zero-order valence-electron chi connectivity index (χ0n) is 22.3. The van der Waals surface area contributed by atoms with Crippen molar-refractivity contribution in [1.82, 2.24) is 15.1 Å². The van der Waals surface area contributed by atoms with E-state index in [1.54, 1.807) is 27.9 Å². The summed E-state index contributed by atoms with van der Waals surface area (Å²) in [7, 11) is 1.61. The van der Waals surface area contributed by atoms with Crippen LogP contribution < -0.4 is 10.1 Å². The lowest BCUT2D eigenvalue weighted by Crippen LogP contribution is -2.50. The number of likely N-dealkylation sites (tertiary alicyclic amines) is 1. The maximum Gasteiger partial charge on any atom is 0.417 e. The average Bonchev–Trinajstić information content (AvgIpc) is 3.25. The van der Waals surface area contributed by atoms with Crippen molar-refractivity contribution in [2.45, 2.75) is 78.6 Å². The third-order valence-electron chi connectivity index (χ3n) is 5.11. The van der Waals surface area contributed by atoms with Gasteiger partial charge in [-0.05, 0) is 98.1 Å². The van der Waals surface area contributed by atoms with Crippen LogP contribution in [0.2, 0.25) is 0 Å². The van der Waals surface area contributed by atoms with E-state index < -0.39 is 23.4 Å². The second-order valence-corrected chi connectivity index (χ2v) is 10.6. The number of carbonyl (C=O) groups excluding carboxylic acids is 2. The number of nitrogens with zero attached hydrogens (tertiary/aromatic N) is 3. The number of nitrogens with one attached hydrogen (secondary N) is 1. The van der Waals surface area contributed by atoms with Crippen LogP contribution in [0, 0.1) is 0 Å². The van der Waals surface area contributed by atoms with E-state index in [1.165, 1.54) is 17.7 Å². The van der Waals surface area contributed by atoms with E-state index in [0.717, 1.165) is 37.4 Å². The molecule has 0 bridgehead atoms. The van der Waals surface area contributed by atoms with Crippen LogP contribution in [0.3, 0.4) is 0 Å². The fourth-order valence-electron chi connectivity index (χ4n) is 3.54. The number of aliphatic imine (C=N–C) groups is 1. The van der Waals surface area contributed by atoms with Gasteiger partial charge in [0.25, 0.3) is 0 Å². The quantitative estimate of drug-likeness (QED) is 0.436. The fourth-order valence-corrected chi connectivity index (χ4v) is 3.54. The molecule has 1 heterocycles. The normalized spacial score (nSPS) is 15.0. The minimum Gasteiger partial charge on any atom is -0.497 e. The van der Waals surface area contributed by atoms with Crippen molar-refractivity contribution in [3.8, 4) is 5.75 Å². The van der Waals surface area contributed by atoms with E-state index in [4.69, 9.17) is 14.2 Å². The van der Waals surface area contributed by atoms with Crippen LogP contribution in [-0.2, 0) is 16.0 Å². The molecule has 1 saturated heterocycles. The Morgan fingerprint density at radius 3 is 2.14 bits per heavy atom. The molecule has 1 aliphatic rings. The van der Waals surface area contributed by atoms with Crippen LogP contribution in [-0.4, -0.2) is 72.4 Å². The van der Waals surface area contributed by atoms with Gasteiger partial charge in [0, 0.05) is 6.54 Å². The highest BCUT2D eigenvalue weighted by atomic mass is 16.6. The number of ether oxygens (including phenoxy) is 3. The molecule has 2 rings (SSSR count). The maximum absolute atomic E-state index is 13.2. The average molecular weight is 491 g/mol. The van der Waals surface area contributed by atoms with Gasteiger partial charge in [0.2, 0.25) is 5.96 Å². The number of benzene rings is 1. The number of guanidine groups is 1. The summed E-state index contributed by atoms with van der Waals surface area (Å²) in [6.45, 7) is 14.4. The van der Waals surface area contributed by atoms with Crippen molar-refractivity contribution < 1.29 is 23.8 Å². The molecular formula is C26H42N4O5.